The first kappa shape index (κ1) is 15.7. The predicted octanol–water partition coefficient (Wildman–Crippen LogP) is 1.80. The van der Waals surface area contributed by atoms with Crippen LogP contribution in [-0.2, 0) is 14.8 Å². The van der Waals surface area contributed by atoms with Gasteiger partial charge < -0.3 is 4.74 Å². The topological polar surface area (TPSA) is 72.5 Å². The van der Waals surface area contributed by atoms with E-state index in [9.17, 15) is 13.2 Å². The van der Waals surface area contributed by atoms with E-state index < -0.39 is 16.0 Å². The molecule has 106 valence electrons. The molecule has 1 unspecified atom stereocenters. The van der Waals surface area contributed by atoms with Gasteiger partial charge in [0.25, 0.3) is 0 Å². The molecule has 19 heavy (non-hydrogen) atoms. The third kappa shape index (κ3) is 3.78. The Morgan fingerprint density at radius 1 is 1.21 bits per heavy atom. The summed E-state index contributed by atoms with van der Waals surface area (Å²) in [6.45, 7) is 5.61. The fraction of sp³-hybridized carbons (Fsp3) is 0.462. The molecule has 0 aliphatic heterocycles. The summed E-state index contributed by atoms with van der Waals surface area (Å²) in [6.07, 6.45) is 0. The van der Waals surface area contributed by atoms with Gasteiger partial charge in [0.15, 0.2) is 0 Å². The number of sulfonamides is 1. The van der Waals surface area contributed by atoms with Crippen LogP contribution in [0.1, 0.15) is 31.1 Å². The van der Waals surface area contributed by atoms with E-state index in [-0.39, 0.29) is 22.4 Å². The van der Waals surface area contributed by atoms with Crippen molar-refractivity contribution in [2.45, 2.75) is 31.7 Å². The van der Waals surface area contributed by atoms with Crippen molar-refractivity contribution >= 4 is 16.0 Å². The first-order chi connectivity index (χ1) is 8.79. The zero-order valence-electron chi connectivity index (χ0n) is 11.5. The largest absolute Gasteiger partial charge is 0.465 e. The molecule has 0 aliphatic rings. The monoisotopic (exact) mass is 285 g/mol. The number of hydrogen-bond acceptors (Lipinski definition) is 4. The standard InChI is InChI=1S/C13H19NO4S/c1-9(2)10(3)14-19(16,17)12-8-6-5-7-11(12)13(15)18-4/h5-10,14H,1-4H3. The zero-order chi connectivity index (χ0) is 14.6. The third-order valence-electron chi connectivity index (χ3n) is 2.92. The first-order valence-corrected chi connectivity index (χ1v) is 7.47. The third-order valence-corrected chi connectivity index (χ3v) is 4.54. The summed E-state index contributed by atoms with van der Waals surface area (Å²) in [6, 6.07) is 5.76. The molecule has 0 aromatic heterocycles. The van der Waals surface area contributed by atoms with E-state index in [0.29, 0.717) is 0 Å². The molecule has 1 aromatic carbocycles. The van der Waals surface area contributed by atoms with Crippen LogP contribution in [0.15, 0.2) is 29.2 Å². The molecule has 0 saturated carbocycles. The lowest BCUT2D eigenvalue weighted by molar-refractivity contribution is 0.0596. The van der Waals surface area contributed by atoms with Crippen LogP contribution in [0.25, 0.3) is 0 Å². The molecule has 0 amide bonds. The molecule has 1 atom stereocenters. The van der Waals surface area contributed by atoms with Crippen LogP contribution < -0.4 is 4.72 Å². The Morgan fingerprint density at radius 2 is 1.79 bits per heavy atom. The lowest BCUT2D eigenvalue weighted by atomic mass is 10.1. The number of carbonyl (C=O) groups excluding carboxylic acids is 1. The van der Waals surface area contributed by atoms with E-state index in [2.05, 4.69) is 9.46 Å². The number of hydrogen-bond donors (Lipinski definition) is 1. The molecule has 0 spiro atoms. The molecule has 0 bridgehead atoms. The van der Waals surface area contributed by atoms with E-state index in [1.807, 2.05) is 13.8 Å². The Balaban J connectivity index is 3.19. The number of benzene rings is 1. The summed E-state index contributed by atoms with van der Waals surface area (Å²) in [4.78, 5) is 11.5. The van der Waals surface area contributed by atoms with Crippen molar-refractivity contribution in [2.75, 3.05) is 7.11 Å². The molecule has 0 heterocycles. The molecule has 0 fully saturated rings. The van der Waals surface area contributed by atoms with E-state index in [4.69, 9.17) is 0 Å². The molecule has 0 radical (unpaired) electrons. The summed E-state index contributed by atoms with van der Waals surface area (Å²) in [5.41, 5.74) is 0.0356. The van der Waals surface area contributed by atoms with Gasteiger partial charge in [-0.2, -0.15) is 0 Å². The maximum absolute atomic E-state index is 12.3. The average Bonchev–Trinajstić information content (AvgIpc) is 2.37. The van der Waals surface area contributed by atoms with Crippen LogP contribution in [-0.4, -0.2) is 27.5 Å². The minimum absolute atomic E-state index is 0.0356. The second kappa shape index (κ2) is 6.16. The highest BCUT2D eigenvalue weighted by atomic mass is 32.2. The van der Waals surface area contributed by atoms with Crippen LogP contribution in [0, 0.1) is 5.92 Å². The van der Waals surface area contributed by atoms with Crippen LogP contribution in [0.4, 0.5) is 0 Å². The van der Waals surface area contributed by atoms with E-state index in [1.54, 1.807) is 19.1 Å². The van der Waals surface area contributed by atoms with Gasteiger partial charge in [-0.1, -0.05) is 26.0 Å². The van der Waals surface area contributed by atoms with Crippen LogP contribution in [0.3, 0.4) is 0 Å². The summed E-state index contributed by atoms with van der Waals surface area (Å²) in [5.74, 6) is -0.516. The van der Waals surface area contributed by atoms with Crippen molar-refractivity contribution in [2.24, 2.45) is 5.92 Å². The first-order valence-electron chi connectivity index (χ1n) is 5.99. The summed E-state index contributed by atoms with van der Waals surface area (Å²) >= 11 is 0. The summed E-state index contributed by atoms with van der Waals surface area (Å²) in [5, 5.41) is 0. The van der Waals surface area contributed by atoms with Gasteiger partial charge in [-0.15, -0.1) is 0 Å². The smallest absolute Gasteiger partial charge is 0.339 e. The lowest BCUT2D eigenvalue weighted by Gasteiger charge is -2.18. The Labute approximate surface area is 114 Å². The predicted molar refractivity (Wildman–Crippen MR) is 72.4 cm³/mol. The Bertz CT molecular complexity index is 552. The van der Waals surface area contributed by atoms with Crippen molar-refractivity contribution in [3.05, 3.63) is 29.8 Å². The number of rotatable bonds is 5. The number of nitrogens with one attached hydrogen (secondary N) is 1. The second-order valence-corrected chi connectivity index (χ2v) is 6.32. The highest BCUT2D eigenvalue weighted by Crippen LogP contribution is 2.17. The summed E-state index contributed by atoms with van der Waals surface area (Å²) < 4.78 is 31.7. The highest BCUT2D eigenvalue weighted by Gasteiger charge is 2.24. The van der Waals surface area contributed by atoms with Gasteiger partial charge in [0.2, 0.25) is 10.0 Å². The minimum atomic E-state index is -3.74. The Kier molecular flexibility index (Phi) is 5.08. The SMILES string of the molecule is COC(=O)c1ccccc1S(=O)(=O)NC(C)C(C)C. The van der Waals surface area contributed by atoms with Crippen LogP contribution in [0.2, 0.25) is 0 Å². The second-order valence-electron chi connectivity index (χ2n) is 4.64. The highest BCUT2D eigenvalue weighted by molar-refractivity contribution is 7.89. The van der Waals surface area contributed by atoms with Crippen molar-refractivity contribution in [3.63, 3.8) is 0 Å². The number of methoxy groups -OCH3 is 1. The van der Waals surface area contributed by atoms with E-state index in [1.165, 1.54) is 19.2 Å². The number of ether oxygens (including phenoxy) is 1. The van der Waals surface area contributed by atoms with Gasteiger partial charge in [-0.05, 0) is 25.0 Å². The van der Waals surface area contributed by atoms with Gasteiger partial charge in [-0.3, -0.25) is 0 Å². The van der Waals surface area contributed by atoms with Crippen molar-refractivity contribution in [3.8, 4) is 0 Å². The minimum Gasteiger partial charge on any atom is -0.465 e. The van der Waals surface area contributed by atoms with E-state index >= 15 is 0 Å². The lowest BCUT2D eigenvalue weighted by Crippen LogP contribution is -2.36. The maximum Gasteiger partial charge on any atom is 0.339 e. The normalized spacial score (nSPS) is 13.3. The number of carbonyl (C=O) groups is 1. The van der Waals surface area contributed by atoms with Crippen molar-refractivity contribution in [1.82, 2.24) is 4.72 Å². The molecule has 1 rings (SSSR count). The zero-order valence-corrected chi connectivity index (χ0v) is 12.3. The Morgan fingerprint density at radius 3 is 2.32 bits per heavy atom. The number of esters is 1. The van der Waals surface area contributed by atoms with Gasteiger partial charge >= 0.3 is 5.97 Å². The van der Waals surface area contributed by atoms with Gasteiger partial charge in [0.05, 0.1) is 17.6 Å². The Hall–Kier alpha value is -1.40. The van der Waals surface area contributed by atoms with Crippen LogP contribution in [0.5, 0.6) is 0 Å². The molecule has 5 nitrogen and oxygen atoms in total. The quantitative estimate of drug-likeness (QED) is 0.837. The summed E-state index contributed by atoms with van der Waals surface area (Å²) in [7, 11) is -2.52. The van der Waals surface area contributed by atoms with Crippen molar-refractivity contribution in [1.29, 1.82) is 0 Å². The molecule has 0 aliphatic carbocycles. The fourth-order valence-electron chi connectivity index (χ4n) is 1.42. The molecule has 1 aromatic rings. The van der Waals surface area contributed by atoms with Gasteiger partial charge in [0, 0.05) is 6.04 Å². The van der Waals surface area contributed by atoms with Gasteiger partial charge in [-0.25, -0.2) is 17.9 Å². The molecular formula is C13H19NO4S. The maximum atomic E-state index is 12.3. The van der Waals surface area contributed by atoms with Crippen molar-refractivity contribution < 1.29 is 17.9 Å². The fourth-order valence-corrected chi connectivity index (χ4v) is 3.01. The van der Waals surface area contributed by atoms with E-state index in [0.717, 1.165) is 0 Å². The molecule has 6 heteroatoms. The van der Waals surface area contributed by atoms with Crippen LogP contribution >= 0.6 is 0 Å². The molecular weight excluding hydrogens is 266 g/mol. The molecule has 0 saturated heterocycles. The molecule has 1 N–H and O–H groups in total. The average molecular weight is 285 g/mol. The van der Waals surface area contributed by atoms with Gasteiger partial charge in [0.1, 0.15) is 0 Å².